The van der Waals surface area contributed by atoms with E-state index in [1.165, 1.54) is 28.5 Å². The van der Waals surface area contributed by atoms with Gasteiger partial charge in [-0.1, -0.05) is 48.0 Å². The van der Waals surface area contributed by atoms with Crippen LogP contribution < -0.4 is 5.32 Å². The molecule has 5 aromatic rings. The molecule has 1 fully saturated rings. The quantitative estimate of drug-likeness (QED) is 0.196. The summed E-state index contributed by atoms with van der Waals surface area (Å²) in [6, 6.07) is 17.7. The minimum Gasteiger partial charge on any atom is -0.350 e. The molecule has 2 aromatic carbocycles. The number of nitro groups is 1. The van der Waals surface area contributed by atoms with Crippen molar-refractivity contribution in [3.05, 3.63) is 106 Å². The summed E-state index contributed by atoms with van der Waals surface area (Å²) < 4.78 is 28.4. The predicted octanol–water partition coefficient (Wildman–Crippen LogP) is 5.01. The molecule has 1 amide bonds. The van der Waals surface area contributed by atoms with Gasteiger partial charge in [0.2, 0.25) is 5.95 Å². The number of likely N-dealkylation sites (tertiary alicyclic amines) is 1. The second-order valence-electron chi connectivity index (χ2n) is 9.96. The lowest BCUT2D eigenvalue weighted by Gasteiger charge is -2.33. The molecule has 0 unspecified atom stereocenters. The van der Waals surface area contributed by atoms with E-state index in [-0.39, 0.29) is 39.2 Å². The monoisotopic (exact) mass is 617 g/mol. The van der Waals surface area contributed by atoms with Gasteiger partial charge in [0.05, 0.1) is 32.2 Å². The normalized spacial score (nSPS) is 15.4. The van der Waals surface area contributed by atoms with Gasteiger partial charge in [0.25, 0.3) is 21.6 Å². The number of amides is 1. The van der Waals surface area contributed by atoms with Crippen LogP contribution in [0.5, 0.6) is 0 Å². The highest BCUT2D eigenvalue weighted by atomic mass is 35.5. The molecule has 0 radical (unpaired) electrons. The van der Waals surface area contributed by atoms with Crippen molar-refractivity contribution < 1.29 is 18.1 Å². The maximum Gasteiger partial charge on any atom is 0.287 e. The third-order valence-electron chi connectivity index (χ3n) is 7.20. The van der Waals surface area contributed by atoms with Crippen LogP contribution >= 0.6 is 11.6 Å². The zero-order valence-corrected chi connectivity index (χ0v) is 24.1. The Labute approximate surface area is 251 Å². The molecule has 1 atom stereocenters. The van der Waals surface area contributed by atoms with E-state index in [9.17, 15) is 23.3 Å². The van der Waals surface area contributed by atoms with Crippen molar-refractivity contribution in [1.82, 2.24) is 23.8 Å². The van der Waals surface area contributed by atoms with Crippen LogP contribution in [0.25, 0.3) is 22.2 Å². The molecule has 6 rings (SSSR count). The average molecular weight is 618 g/mol. The van der Waals surface area contributed by atoms with E-state index in [1.807, 2.05) is 12.1 Å². The number of hydrogen-bond acceptors (Lipinski definition) is 9. The van der Waals surface area contributed by atoms with E-state index in [1.54, 1.807) is 47.4 Å². The SMILES string of the molecule is O=C(c1ccc([N+](=O)[O-])cn1)N1CCC[C@@H](Nc2ncc(Cl)c(-c3cn(S(=O)(=O)c4ccccc4)c4ccccc34)n2)C1. The number of carbonyl (C=O) groups excluding carboxylic acids is 1. The molecule has 12 nitrogen and oxygen atoms in total. The summed E-state index contributed by atoms with van der Waals surface area (Å²) in [6.45, 7) is 0.852. The van der Waals surface area contributed by atoms with Crippen LogP contribution in [0.4, 0.5) is 11.6 Å². The first-order chi connectivity index (χ1) is 20.7. The van der Waals surface area contributed by atoms with Crippen LogP contribution in [0.3, 0.4) is 0 Å². The molecule has 0 aliphatic carbocycles. The molecule has 218 valence electrons. The Morgan fingerprint density at radius 3 is 2.53 bits per heavy atom. The Bertz CT molecular complexity index is 1950. The predicted molar refractivity (Wildman–Crippen MR) is 160 cm³/mol. The van der Waals surface area contributed by atoms with Gasteiger partial charge in [0.15, 0.2) is 0 Å². The van der Waals surface area contributed by atoms with Gasteiger partial charge < -0.3 is 10.2 Å². The van der Waals surface area contributed by atoms with Crippen LogP contribution in [-0.2, 0) is 10.0 Å². The van der Waals surface area contributed by atoms with Crippen molar-refractivity contribution in [2.24, 2.45) is 0 Å². The number of hydrogen-bond donors (Lipinski definition) is 1. The number of aromatic nitrogens is 4. The molecular weight excluding hydrogens is 594 g/mol. The summed E-state index contributed by atoms with van der Waals surface area (Å²) in [4.78, 5) is 38.1. The molecule has 3 aromatic heterocycles. The van der Waals surface area contributed by atoms with E-state index in [0.29, 0.717) is 41.7 Å². The fourth-order valence-electron chi connectivity index (χ4n) is 5.11. The first-order valence-corrected chi connectivity index (χ1v) is 15.1. The highest BCUT2D eigenvalue weighted by Gasteiger charge is 2.27. The minimum atomic E-state index is -3.90. The van der Waals surface area contributed by atoms with E-state index < -0.39 is 14.9 Å². The average Bonchev–Trinajstić information content (AvgIpc) is 3.43. The lowest BCUT2D eigenvalue weighted by molar-refractivity contribution is -0.385. The second kappa shape index (κ2) is 11.4. The maximum atomic E-state index is 13.6. The first-order valence-electron chi connectivity index (χ1n) is 13.3. The number of halogens is 1. The maximum absolute atomic E-state index is 13.6. The van der Waals surface area contributed by atoms with E-state index >= 15 is 0 Å². The van der Waals surface area contributed by atoms with E-state index in [0.717, 1.165) is 12.6 Å². The lowest BCUT2D eigenvalue weighted by Crippen LogP contribution is -2.45. The number of nitrogens with zero attached hydrogens (tertiary/aromatic N) is 6. The van der Waals surface area contributed by atoms with Crippen LogP contribution in [0.15, 0.2) is 90.2 Å². The number of pyridine rings is 1. The largest absolute Gasteiger partial charge is 0.350 e. The minimum absolute atomic E-state index is 0.123. The summed E-state index contributed by atoms with van der Waals surface area (Å²) >= 11 is 6.56. The van der Waals surface area contributed by atoms with Gasteiger partial charge in [0, 0.05) is 42.3 Å². The van der Waals surface area contributed by atoms with Crippen LogP contribution in [0.1, 0.15) is 23.3 Å². The molecule has 1 aliphatic heterocycles. The van der Waals surface area contributed by atoms with Crippen molar-refractivity contribution in [2.45, 2.75) is 23.8 Å². The molecule has 0 saturated carbocycles. The van der Waals surface area contributed by atoms with Crippen molar-refractivity contribution >= 4 is 50.1 Å². The summed E-state index contributed by atoms with van der Waals surface area (Å²) in [7, 11) is -3.90. The third-order valence-corrected chi connectivity index (χ3v) is 9.16. The van der Waals surface area contributed by atoms with Crippen LogP contribution in [0.2, 0.25) is 5.02 Å². The van der Waals surface area contributed by atoms with Crippen molar-refractivity contribution in [1.29, 1.82) is 0 Å². The molecule has 0 spiro atoms. The van der Waals surface area contributed by atoms with Crippen molar-refractivity contribution in [3.8, 4) is 11.3 Å². The van der Waals surface area contributed by atoms with Gasteiger partial charge >= 0.3 is 0 Å². The number of anilines is 1. The molecule has 14 heteroatoms. The zero-order valence-electron chi connectivity index (χ0n) is 22.5. The Morgan fingerprint density at radius 2 is 1.79 bits per heavy atom. The van der Waals surface area contributed by atoms with Crippen LogP contribution in [-0.4, -0.2) is 62.2 Å². The first kappa shape index (κ1) is 28.2. The van der Waals surface area contributed by atoms with Gasteiger partial charge in [-0.05, 0) is 37.1 Å². The molecule has 0 bridgehead atoms. The highest BCUT2D eigenvalue weighted by molar-refractivity contribution is 7.90. The molecule has 43 heavy (non-hydrogen) atoms. The smallest absolute Gasteiger partial charge is 0.287 e. The fourth-order valence-corrected chi connectivity index (χ4v) is 6.70. The van der Waals surface area contributed by atoms with Gasteiger partial charge in [-0.2, -0.15) is 0 Å². The van der Waals surface area contributed by atoms with Gasteiger partial charge in [-0.25, -0.2) is 27.3 Å². The summed E-state index contributed by atoms with van der Waals surface area (Å²) in [5.74, 6) is -0.0542. The van der Waals surface area contributed by atoms with E-state index in [4.69, 9.17) is 11.6 Å². The number of rotatable bonds is 7. The Balaban J connectivity index is 1.27. The Kier molecular flexibility index (Phi) is 7.50. The van der Waals surface area contributed by atoms with Crippen LogP contribution in [0, 0.1) is 10.1 Å². The Morgan fingerprint density at radius 1 is 1.02 bits per heavy atom. The topological polar surface area (TPSA) is 153 Å². The summed E-state index contributed by atoms with van der Waals surface area (Å²) in [5.41, 5.74) is 1.29. The molecule has 1 aliphatic rings. The van der Waals surface area contributed by atoms with Gasteiger partial charge in [0.1, 0.15) is 11.9 Å². The molecule has 1 N–H and O–H groups in total. The molecule has 4 heterocycles. The number of nitrogens with one attached hydrogen (secondary N) is 1. The number of benzene rings is 2. The number of piperidine rings is 1. The number of fused-ring (bicyclic) bond motifs is 1. The number of carbonyl (C=O) groups is 1. The molecule has 1 saturated heterocycles. The third kappa shape index (κ3) is 5.51. The fraction of sp³-hybridized carbons (Fsp3) is 0.172. The zero-order chi connectivity index (χ0) is 30.1. The second-order valence-corrected chi connectivity index (χ2v) is 12.2. The summed E-state index contributed by atoms with van der Waals surface area (Å²) in [5, 5.41) is 15.1. The lowest BCUT2D eigenvalue weighted by atomic mass is 10.1. The number of para-hydroxylation sites is 1. The molecular formula is C29H24ClN7O5S. The summed E-state index contributed by atoms with van der Waals surface area (Å²) in [6.07, 6.45) is 5.49. The Hall–Kier alpha value is -4.88. The van der Waals surface area contributed by atoms with Crippen molar-refractivity contribution in [2.75, 3.05) is 18.4 Å². The van der Waals surface area contributed by atoms with Crippen molar-refractivity contribution in [3.63, 3.8) is 0 Å². The highest BCUT2D eigenvalue weighted by Crippen LogP contribution is 2.36. The van der Waals surface area contributed by atoms with Gasteiger partial charge in [-0.15, -0.1) is 0 Å². The van der Waals surface area contributed by atoms with Gasteiger partial charge in [-0.3, -0.25) is 14.9 Å². The van der Waals surface area contributed by atoms with E-state index in [2.05, 4.69) is 20.3 Å². The standard InChI is InChI=1S/C29H24ClN7O5S/c30-24-16-32-29(33-19-7-6-14-35(17-19)28(38)25-13-12-20(15-31-25)37(39)40)34-27(24)23-18-36(26-11-5-4-10-22(23)26)43(41,42)21-8-2-1-3-9-21/h1-5,8-13,15-16,18-19H,6-7,14,17H2,(H,32,33,34)/t19-/m1/s1.